The lowest BCUT2D eigenvalue weighted by molar-refractivity contribution is 0.174. The molecular formula is C20H14ClN3O2S. The molecule has 7 heteroatoms. The maximum absolute atomic E-state index is 6.15. The second kappa shape index (κ2) is 6.40. The summed E-state index contributed by atoms with van der Waals surface area (Å²) < 4.78 is 11.9. The van der Waals surface area contributed by atoms with E-state index in [2.05, 4.69) is 16.0 Å². The molecule has 0 aliphatic carbocycles. The molecule has 134 valence electrons. The zero-order valence-electron chi connectivity index (χ0n) is 14.3. The molecule has 0 saturated heterocycles. The summed E-state index contributed by atoms with van der Waals surface area (Å²) in [4.78, 5) is 12.1. The standard InChI is InChI=1S/C20H14ClN3O2S/c1-24(14-5-6-16-17(8-14)26-11-25-16)20-19-15(22-10-23-20)9-18(27-19)12-3-2-4-13(21)7-12/h2-10H,11H2,1H3. The van der Waals surface area contributed by atoms with Crippen molar-refractivity contribution < 1.29 is 9.47 Å². The Morgan fingerprint density at radius 2 is 1.93 bits per heavy atom. The van der Waals surface area contributed by atoms with Crippen molar-refractivity contribution in [2.75, 3.05) is 18.7 Å². The fraction of sp³-hybridized carbons (Fsp3) is 0.100. The number of anilines is 2. The van der Waals surface area contributed by atoms with Gasteiger partial charge in [0, 0.05) is 28.7 Å². The van der Waals surface area contributed by atoms with Gasteiger partial charge in [0.25, 0.3) is 0 Å². The van der Waals surface area contributed by atoms with Crippen molar-refractivity contribution in [2.24, 2.45) is 0 Å². The Bertz CT molecular complexity index is 1160. The normalized spacial score (nSPS) is 12.5. The number of rotatable bonds is 3. The Hall–Kier alpha value is -2.83. The van der Waals surface area contributed by atoms with Gasteiger partial charge in [-0.05, 0) is 35.9 Å². The first-order valence-corrected chi connectivity index (χ1v) is 9.52. The highest BCUT2D eigenvalue weighted by Gasteiger charge is 2.18. The van der Waals surface area contributed by atoms with Gasteiger partial charge in [0.1, 0.15) is 6.33 Å². The van der Waals surface area contributed by atoms with Crippen LogP contribution in [0.2, 0.25) is 5.02 Å². The van der Waals surface area contributed by atoms with E-state index in [4.69, 9.17) is 21.1 Å². The summed E-state index contributed by atoms with van der Waals surface area (Å²) in [6, 6.07) is 15.8. The summed E-state index contributed by atoms with van der Waals surface area (Å²) in [5.74, 6) is 2.35. The zero-order chi connectivity index (χ0) is 18.4. The summed E-state index contributed by atoms with van der Waals surface area (Å²) in [6.07, 6.45) is 1.59. The molecule has 0 amide bonds. The molecular weight excluding hydrogens is 382 g/mol. The van der Waals surface area contributed by atoms with Crippen molar-refractivity contribution in [3.63, 3.8) is 0 Å². The first kappa shape index (κ1) is 16.4. The number of benzene rings is 2. The fourth-order valence-corrected chi connectivity index (χ4v) is 4.40. The zero-order valence-corrected chi connectivity index (χ0v) is 15.9. The second-order valence-electron chi connectivity index (χ2n) is 6.13. The Morgan fingerprint density at radius 3 is 2.81 bits per heavy atom. The summed E-state index contributed by atoms with van der Waals surface area (Å²) in [5, 5.41) is 0.716. The van der Waals surface area contributed by atoms with Gasteiger partial charge >= 0.3 is 0 Å². The summed E-state index contributed by atoms with van der Waals surface area (Å²) in [5.41, 5.74) is 2.95. The molecule has 0 spiro atoms. The summed E-state index contributed by atoms with van der Waals surface area (Å²) in [7, 11) is 1.98. The largest absolute Gasteiger partial charge is 0.454 e. The van der Waals surface area contributed by atoms with Gasteiger partial charge in [0.15, 0.2) is 17.3 Å². The van der Waals surface area contributed by atoms with Crippen LogP contribution in [-0.4, -0.2) is 23.8 Å². The number of nitrogens with zero attached hydrogens (tertiary/aromatic N) is 3. The van der Waals surface area contributed by atoms with Crippen molar-refractivity contribution in [3.05, 3.63) is 59.9 Å². The van der Waals surface area contributed by atoms with Crippen molar-refractivity contribution in [1.29, 1.82) is 0 Å². The van der Waals surface area contributed by atoms with Crippen LogP contribution in [0.5, 0.6) is 11.5 Å². The van der Waals surface area contributed by atoms with Crippen LogP contribution in [0.3, 0.4) is 0 Å². The molecule has 0 N–H and O–H groups in total. The van der Waals surface area contributed by atoms with Crippen LogP contribution >= 0.6 is 22.9 Å². The Kier molecular flexibility index (Phi) is 3.88. The smallest absolute Gasteiger partial charge is 0.231 e. The highest BCUT2D eigenvalue weighted by molar-refractivity contribution is 7.22. The molecule has 2 aromatic carbocycles. The predicted molar refractivity (Wildman–Crippen MR) is 108 cm³/mol. The van der Waals surface area contributed by atoms with Gasteiger partial charge in [0.05, 0.1) is 10.2 Å². The van der Waals surface area contributed by atoms with E-state index in [1.165, 1.54) is 0 Å². The number of thiophene rings is 1. The van der Waals surface area contributed by atoms with E-state index >= 15 is 0 Å². The predicted octanol–water partition coefficient (Wildman–Crippen LogP) is 5.51. The molecule has 0 bridgehead atoms. The quantitative estimate of drug-likeness (QED) is 0.458. The molecule has 1 aliphatic rings. The Balaban J connectivity index is 1.59. The third kappa shape index (κ3) is 2.87. The molecule has 2 aromatic heterocycles. The third-order valence-electron chi connectivity index (χ3n) is 4.46. The van der Waals surface area contributed by atoms with Crippen LogP contribution in [-0.2, 0) is 0 Å². The van der Waals surface area contributed by atoms with Gasteiger partial charge < -0.3 is 14.4 Å². The lowest BCUT2D eigenvalue weighted by atomic mass is 10.2. The molecule has 4 aromatic rings. The molecule has 0 unspecified atom stereocenters. The lowest BCUT2D eigenvalue weighted by Gasteiger charge is -2.19. The van der Waals surface area contributed by atoms with E-state index in [0.29, 0.717) is 5.02 Å². The number of halogens is 1. The minimum atomic E-state index is 0.258. The lowest BCUT2D eigenvalue weighted by Crippen LogP contribution is -2.11. The maximum atomic E-state index is 6.15. The van der Waals surface area contributed by atoms with Gasteiger partial charge in [-0.15, -0.1) is 11.3 Å². The van der Waals surface area contributed by atoms with E-state index in [-0.39, 0.29) is 6.79 Å². The van der Waals surface area contributed by atoms with Crippen LogP contribution in [0.25, 0.3) is 20.7 Å². The van der Waals surface area contributed by atoms with Crippen LogP contribution in [0.4, 0.5) is 11.5 Å². The van der Waals surface area contributed by atoms with Crippen molar-refractivity contribution in [2.45, 2.75) is 0 Å². The topological polar surface area (TPSA) is 47.5 Å². The molecule has 1 aliphatic heterocycles. The minimum absolute atomic E-state index is 0.258. The van der Waals surface area contributed by atoms with Crippen LogP contribution in [0.15, 0.2) is 54.9 Å². The van der Waals surface area contributed by atoms with Gasteiger partial charge in [-0.1, -0.05) is 23.7 Å². The maximum Gasteiger partial charge on any atom is 0.231 e. The number of ether oxygens (including phenoxy) is 2. The fourth-order valence-electron chi connectivity index (χ4n) is 3.08. The molecule has 5 rings (SSSR count). The first-order valence-electron chi connectivity index (χ1n) is 8.33. The SMILES string of the molecule is CN(c1ccc2c(c1)OCO2)c1ncnc2cc(-c3cccc(Cl)c3)sc12. The number of hydrogen-bond donors (Lipinski definition) is 0. The van der Waals surface area contributed by atoms with Gasteiger partial charge in [-0.2, -0.15) is 0 Å². The number of fused-ring (bicyclic) bond motifs is 2. The highest BCUT2D eigenvalue weighted by atomic mass is 35.5. The van der Waals surface area contributed by atoms with Gasteiger partial charge in [-0.25, -0.2) is 9.97 Å². The number of hydrogen-bond acceptors (Lipinski definition) is 6. The molecule has 0 radical (unpaired) electrons. The van der Waals surface area contributed by atoms with E-state index in [9.17, 15) is 0 Å². The average molecular weight is 396 g/mol. The van der Waals surface area contributed by atoms with Crippen LogP contribution in [0, 0.1) is 0 Å². The Morgan fingerprint density at radius 1 is 1.04 bits per heavy atom. The van der Waals surface area contributed by atoms with E-state index in [1.807, 2.05) is 54.4 Å². The average Bonchev–Trinajstić information content (AvgIpc) is 3.33. The van der Waals surface area contributed by atoms with E-state index in [1.54, 1.807) is 17.7 Å². The molecule has 5 nitrogen and oxygen atoms in total. The van der Waals surface area contributed by atoms with Crippen LogP contribution in [0.1, 0.15) is 0 Å². The van der Waals surface area contributed by atoms with E-state index < -0.39 is 0 Å². The molecule has 0 fully saturated rings. The molecule has 0 atom stereocenters. The highest BCUT2D eigenvalue weighted by Crippen LogP contribution is 2.41. The minimum Gasteiger partial charge on any atom is -0.454 e. The molecule has 0 saturated carbocycles. The Labute approximate surface area is 164 Å². The summed E-state index contributed by atoms with van der Waals surface area (Å²) >= 11 is 7.80. The van der Waals surface area contributed by atoms with Crippen molar-refractivity contribution in [3.8, 4) is 21.9 Å². The van der Waals surface area contributed by atoms with E-state index in [0.717, 1.165) is 43.7 Å². The first-order chi connectivity index (χ1) is 13.2. The monoisotopic (exact) mass is 395 g/mol. The molecule has 3 heterocycles. The van der Waals surface area contributed by atoms with Crippen molar-refractivity contribution in [1.82, 2.24) is 9.97 Å². The van der Waals surface area contributed by atoms with Crippen molar-refractivity contribution >= 4 is 44.7 Å². The molecule has 27 heavy (non-hydrogen) atoms. The second-order valence-corrected chi connectivity index (χ2v) is 7.62. The third-order valence-corrected chi connectivity index (χ3v) is 5.87. The number of aromatic nitrogens is 2. The van der Waals surface area contributed by atoms with Gasteiger partial charge in [0.2, 0.25) is 6.79 Å². The van der Waals surface area contributed by atoms with Gasteiger partial charge in [-0.3, -0.25) is 0 Å². The van der Waals surface area contributed by atoms with Crippen LogP contribution < -0.4 is 14.4 Å². The summed E-state index contributed by atoms with van der Waals surface area (Å²) in [6.45, 7) is 0.258.